The Labute approximate surface area is 131 Å². The van der Waals surface area contributed by atoms with Gasteiger partial charge in [-0.3, -0.25) is 14.5 Å². The number of rotatable bonds is 7. The quantitative estimate of drug-likeness (QED) is 0.531. The fourth-order valence-corrected chi connectivity index (χ4v) is 3.48. The lowest BCUT2D eigenvalue weighted by Crippen LogP contribution is -2.36. The summed E-state index contributed by atoms with van der Waals surface area (Å²) in [6.45, 7) is 7.51. The first kappa shape index (κ1) is 15.7. The van der Waals surface area contributed by atoms with Gasteiger partial charge in [0.25, 0.3) is 0 Å². The van der Waals surface area contributed by atoms with Crippen LogP contribution in [0.25, 0.3) is 0 Å². The molecule has 2 bridgehead atoms. The van der Waals surface area contributed by atoms with Gasteiger partial charge in [0, 0.05) is 13.2 Å². The van der Waals surface area contributed by atoms with Crippen molar-refractivity contribution < 1.29 is 19.1 Å². The second-order valence-corrected chi connectivity index (χ2v) is 6.98. The molecule has 0 radical (unpaired) electrons. The second kappa shape index (κ2) is 6.13. The molecule has 0 saturated carbocycles. The molecule has 5 nitrogen and oxygen atoms in total. The minimum Gasteiger partial charge on any atom is -0.378 e. The van der Waals surface area contributed by atoms with Gasteiger partial charge in [0.2, 0.25) is 11.8 Å². The summed E-state index contributed by atoms with van der Waals surface area (Å²) in [4.78, 5) is 26.3. The maximum Gasteiger partial charge on any atom is 0.236 e. The van der Waals surface area contributed by atoms with Gasteiger partial charge in [0.05, 0.1) is 30.1 Å². The van der Waals surface area contributed by atoms with E-state index in [0.717, 1.165) is 13.0 Å². The summed E-state index contributed by atoms with van der Waals surface area (Å²) in [6, 6.07) is 0. The van der Waals surface area contributed by atoms with Crippen molar-refractivity contribution >= 4 is 11.8 Å². The summed E-state index contributed by atoms with van der Waals surface area (Å²) in [7, 11) is 0. The van der Waals surface area contributed by atoms with E-state index in [2.05, 4.69) is 13.8 Å². The lowest BCUT2D eigenvalue weighted by atomic mass is 9.85. The highest BCUT2D eigenvalue weighted by Crippen LogP contribution is 2.45. The number of nitrogens with zero attached hydrogens (tertiary/aromatic N) is 1. The molecule has 0 aromatic rings. The van der Waals surface area contributed by atoms with Crippen LogP contribution >= 0.6 is 0 Å². The first-order valence-corrected chi connectivity index (χ1v) is 8.29. The predicted octanol–water partition coefficient (Wildman–Crippen LogP) is 1.77. The van der Waals surface area contributed by atoms with E-state index in [0.29, 0.717) is 18.9 Å². The average Bonchev–Trinajstić information content (AvgIpc) is 3.12. The monoisotopic (exact) mass is 307 g/mol. The Bertz CT molecular complexity index is 457. The molecule has 5 unspecified atom stereocenters. The molecule has 2 saturated heterocycles. The van der Waals surface area contributed by atoms with Crippen LogP contribution in [-0.4, -0.2) is 48.2 Å². The number of fused-ring (bicyclic) bond motifs is 5. The topological polar surface area (TPSA) is 55.8 Å². The van der Waals surface area contributed by atoms with Gasteiger partial charge in [0.15, 0.2) is 0 Å². The highest BCUT2D eigenvalue weighted by Gasteiger charge is 2.60. The van der Waals surface area contributed by atoms with Crippen molar-refractivity contribution in [3.8, 4) is 0 Å². The Morgan fingerprint density at radius 2 is 1.68 bits per heavy atom. The molecule has 0 aromatic carbocycles. The Hall–Kier alpha value is -1.20. The zero-order chi connectivity index (χ0) is 15.9. The van der Waals surface area contributed by atoms with Gasteiger partial charge >= 0.3 is 0 Å². The lowest BCUT2D eigenvalue weighted by molar-refractivity contribution is -0.142. The first-order valence-electron chi connectivity index (χ1n) is 8.29. The summed E-state index contributed by atoms with van der Waals surface area (Å²) in [5.74, 6) is -0.0990. The molecule has 3 rings (SSSR count). The van der Waals surface area contributed by atoms with Crippen LogP contribution in [0, 0.1) is 17.8 Å². The van der Waals surface area contributed by atoms with Gasteiger partial charge in [-0.15, -0.1) is 0 Å². The number of carbonyl (C=O) groups excluding carboxylic acids is 2. The minimum atomic E-state index is -0.292. The molecule has 3 aliphatic rings. The molecular weight excluding hydrogens is 282 g/mol. The summed E-state index contributed by atoms with van der Waals surface area (Å²) in [5.41, 5.74) is 0. The van der Waals surface area contributed by atoms with Crippen LogP contribution < -0.4 is 0 Å². The van der Waals surface area contributed by atoms with Gasteiger partial charge in [-0.2, -0.15) is 0 Å². The van der Waals surface area contributed by atoms with E-state index in [4.69, 9.17) is 9.47 Å². The van der Waals surface area contributed by atoms with Crippen molar-refractivity contribution in [3.63, 3.8) is 0 Å². The van der Waals surface area contributed by atoms with Gasteiger partial charge in [-0.1, -0.05) is 26.0 Å². The molecule has 22 heavy (non-hydrogen) atoms. The van der Waals surface area contributed by atoms with Crippen LogP contribution in [0.15, 0.2) is 12.2 Å². The molecule has 5 heteroatoms. The fraction of sp³-hybridized carbons (Fsp3) is 0.765. The number of hydrogen-bond acceptors (Lipinski definition) is 4. The molecule has 2 amide bonds. The van der Waals surface area contributed by atoms with Crippen LogP contribution in [0.4, 0.5) is 0 Å². The van der Waals surface area contributed by atoms with Crippen molar-refractivity contribution in [3.05, 3.63) is 12.2 Å². The molecule has 0 spiro atoms. The Morgan fingerprint density at radius 3 is 2.23 bits per heavy atom. The van der Waals surface area contributed by atoms with Crippen LogP contribution in [0.3, 0.4) is 0 Å². The molecule has 0 aliphatic carbocycles. The van der Waals surface area contributed by atoms with E-state index in [9.17, 15) is 9.59 Å². The zero-order valence-electron chi connectivity index (χ0n) is 13.5. The molecule has 0 aromatic heterocycles. The third-order valence-corrected chi connectivity index (χ3v) is 4.86. The molecule has 0 N–H and O–H groups in total. The fourth-order valence-electron chi connectivity index (χ4n) is 3.48. The van der Waals surface area contributed by atoms with Crippen molar-refractivity contribution in [1.82, 2.24) is 4.90 Å². The van der Waals surface area contributed by atoms with Crippen LogP contribution in [0.1, 0.15) is 33.6 Å². The number of ether oxygens (including phenoxy) is 2. The third-order valence-electron chi connectivity index (χ3n) is 4.86. The minimum absolute atomic E-state index is 0.0610. The lowest BCUT2D eigenvalue weighted by Gasteiger charge is -2.20. The van der Waals surface area contributed by atoms with Crippen molar-refractivity contribution in [1.29, 1.82) is 0 Å². The van der Waals surface area contributed by atoms with Gasteiger partial charge < -0.3 is 9.47 Å². The number of hydrogen-bond donors (Lipinski definition) is 0. The van der Waals surface area contributed by atoms with E-state index in [1.54, 1.807) is 0 Å². The van der Waals surface area contributed by atoms with E-state index in [1.165, 1.54) is 4.90 Å². The van der Waals surface area contributed by atoms with E-state index in [-0.39, 0.29) is 42.0 Å². The van der Waals surface area contributed by atoms with Gasteiger partial charge in [-0.05, 0) is 25.7 Å². The Balaban J connectivity index is 1.50. The molecule has 122 valence electrons. The Kier molecular flexibility index (Phi) is 4.37. The first-order chi connectivity index (χ1) is 10.5. The average molecular weight is 307 g/mol. The van der Waals surface area contributed by atoms with E-state index < -0.39 is 0 Å². The number of imide groups is 1. The number of carbonyl (C=O) groups is 2. The highest BCUT2D eigenvalue weighted by molar-refractivity contribution is 6.06. The van der Waals surface area contributed by atoms with Crippen molar-refractivity contribution in [2.24, 2.45) is 17.8 Å². The van der Waals surface area contributed by atoms with Crippen LogP contribution in [-0.2, 0) is 19.1 Å². The smallest absolute Gasteiger partial charge is 0.236 e. The van der Waals surface area contributed by atoms with Gasteiger partial charge in [0.1, 0.15) is 0 Å². The number of likely N-dealkylation sites (tertiary alicyclic amines) is 1. The highest BCUT2D eigenvalue weighted by atomic mass is 16.5. The molecular formula is C17H25NO4. The maximum absolute atomic E-state index is 12.5. The van der Waals surface area contributed by atoms with E-state index in [1.807, 2.05) is 19.1 Å². The normalized spacial score (nSPS) is 34.1. The summed E-state index contributed by atoms with van der Waals surface area (Å²) in [5, 5.41) is 0. The largest absolute Gasteiger partial charge is 0.378 e. The third kappa shape index (κ3) is 2.72. The molecule has 3 aliphatic heterocycles. The number of amides is 2. The molecule has 2 fully saturated rings. The van der Waals surface area contributed by atoms with Crippen LogP contribution in [0.5, 0.6) is 0 Å². The summed E-state index contributed by atoms with van der Waals surface area (Å²) >= 11 is 0. The predicted molar refractivity (Wildman–Crippen MR) is 81.0 cm³/mol. The Morgan fingerprint density at radius 1 is 1.09 bits per heavy atom. The SMILES string of the molecule is CC(C)CCOC(C)CCN1C(=O)C2C3C=CC(O3)C2C1=O. The van der Waals surface area contributed by atoms with E-state index >= 15 is 0 Å². The molecule has 5 atom stereocenters. The summed E-state index contributed by atoms with van der Waals surface area (Å²) < 4.78 is 11.4. The molecule has 3 heterocycles. The standard InChI is InChI=1S/C17H25NO4/c1-10(2)7-9-21-11(3)6-8-18-16(19)14-12-4-5-13(22-12)15(14)17(18)20/h4-5,10-15H,6-9H2,1-3H3. The van der Waals surface area contributed by atoms with Crippen molar-refractivity contribution in [2.75, 3.05) is 13.2 Å². The zero-order valence-corrected chi connectivity index (χ0v) is 13.5. The maximum atomic E-state index is 12.5. The second-order valence-electron chi connectivity index (χ2n) is 6.98. The van der Waals surface area contributed by atoms with Crippen molar-refractivity contribution in [2.45, 2.75) is 51.9 Å². The van der Waals surface area contributed by atoms with Crippen LogP contribution in [0.2, 0.25) is 0 Å². The summed E-state index contributed by atoms with van der Waals surface area (Å²) in [6.07, 6.45) is 5.22. The van der Waals surface area contributed by atoms with Gasteiger partial charge in [-0.25, -0.2) is 0 Å².